The molecule has 0 aromatic heterocycles. The van der Waals surface area contributed by atoms with Crippen LogP contribution in [0.5, 0.6) is 0 Å². The molecule has 0 bridgehead atoms. The number of hydrogen-bond acceptors (Lipinski definition) is 15. The van der Waals surface area contributed by atoms with Crippen LogP contribution in [0.15, 0.2) is 109 Å². The van der Waals surface area contributed by atoms with E-state index >= 15 is 9.59 Å². The summed E-state index contributed by atoms with van der Waals surface area (Å²) in [5.41, 5.74) is 17.3. The number of nitrogens with two attached hydrogens (primary N) is 2. The fourth-order valence-corrected chi connectivity index (χ4v) is 12.9. The molecular formula is C65H90N14O9. The average Bonchev–Trinajstić information content (AvgIpc) is 1.90. The molecule has 23 nitrogen and oxygen atoms in total. The fourth-order valence-electron chi connectivity index (χ4n) is 12.9. The summed E-state index contributed by atoms with van der Waals surface area (Å²) in [7, 11) is 3.33. The zero-order valence-corrected chi connectivity index (χ0v) is 51.3. The number of piperidine rings is 2. The summed E-state index contributed by atoms with van der Waals surface area (Å²) in [5, 5.41) is 41.8. The van der Waals surface area contributed by atoms with Gasteiger partial charge in [-0.3, -0.25) is 38.4 Å². The zero-order chi connectivity index (χ0) is 63.2. The number of amides is 8. The number of nitrogens with zero attached hydrogens (tertiary/aromatic N) is 2. The van der Waals surface area contributed by atoms with Crippen molar-refractivity contribution in [3.63, 3.8) is 0 Å². The van der Waals surface area contributed by atoms with Crippen molar-refractivity contribution in [2.24, 2.45) is 23.3 Å². The first-order valence-electron chi connectivity index (χ1n) is 30.9. The SMILES string of the molecule is CN[C@H](CC(C)C)C(=O)N[C@H](CN)C(=O)N[C@@H](Cc1ccccc1)C(=O)N1CCC2c3ccccc3NC2[C@H]1C(=O)NCC(O)CNC(=O)[C@H]1C2Nc3ccccc3C2CCN1C(=O)[C@H](Cc1ccccc1)NC(=O)[C@@H](CN)NC(=O)[C@@H](CC(C)C)NC. The highest BCUT2D eigenvalue weighted by Gasteiger charge is 2.51. The normalized spacial score (nSPS) is 21.4. The molecule has 474 valence electrons. The number of aliphatic hydroxyl groups is 1. The number of carbonyl (C=O) groups excluding carboxylic acids is 8. The summed E-state index contributed by atoms with van der Waals surface area (Å²) in [6.45, 7) is 6.99. The van der Waals surface area contributed by atoms with E-state index < -0.39 is 114 Å². The van der Waals surface area contributed by atoms with Gasteiger partial charge in [0.05, 0.1) is 30.3 Å². The molecule has 88 heavy (non-hydrogen) atoms. The third-order valence-electron chi connectivity index (χ3n) is 17.3. The molecule has 0 saturated carbocycles. The van der Waals surface area contributed by atoms with Gasteiger partial charge < -0.3 is 79.5 Å². The molecule has 13 atom stereocenters. The van der Waals surface area contributed by atoms with E-state index in [-0.39, 0.29) is 75.8 Å². The van der Waals surface area contributed by atoms with Crippen LogP contribution in [0.4, 0.5) is 11.4 Å². The van der Waals surface area contributed by atoms with E-state index in [0.717, 1.165) is 33.6 Å². The van der Waals surface area contributed by atoms with Crippen molar-refractivity contribution in [2.75, 3.05) is 64.0 Å². The predicted octanol–water partition coefficient (Wildman–Crippen LogP) is 0.548. The average molecular weight is 1210 g/mol. The standard InChI is InChI=1S/C65H90N14O9/c1-37(2)29-48(68-5)58(81)76-52(33-66)60(83)74-50(31-39-17-9-7-10-18-39)64(87)78-27-25-44-42-21-13-15-23-46(42)72-54(44)56(78)62(85)70-35-41(80)36-71-63(86)57-55-45(43-22-14-16-24-47(43)73-55)26-28-79(57)65(88)51(32-40-19-11-8-12-20-40)75-61(84)53(34-67)77-59(82)49(69-6)30-38(3)4/h7-24,37-38,41,44-45,48-57,68-69,72-73,80H,25-36,66-67H2,1-6H3,(H,70,85)(H,71,86)(H,74,83)(H,75,84)(H,76,81)(H,77,82)/t41?,44?,45?,48-,49-,50+,51+,52-,53-,54?,55?,56-,57+/m1/s1. The molecule has 2 saturated heterocycles. The Morgan fingerprint density at radius 3 is 1.19 bits per heavy atom. The Labute approximate surface area is 515 Å². The Balaban J connectivity index is 1.00. The second-order valence-electron chi connectivity index (χ2n) is 24.4. The molecule has 0 spiro atoms. The van der Waals surface area contributed by atoms with Gasteiger partial charge in [-0.15, -0.1) is 0 Å². The van der Waals surface area contributed by atoms with Crippen molar-refractivity contribution in [3.05, 3.63) is 131 Å². The van der Waals surface area contributed by atoms with E-state index in [0.29, 0.717) is 25.7 Å². The first kappa shape index (κ1) is 66.0. The van der Waals surface area contributed by atoms with E-state index in [9.17, 15) is 33.9 Å². The zero-order valence-electron chi connectivity index (χ0n) is 51.3. The van der Waals surface area contributed by atoms with Crippen LogP contribution in [0.25, 0.3) is 0 Å². The lowest BCUT2D eigenvalue weighted by Gasteiger charge is -2.43. The van der Waals surface area contributed by atoms with Gasteiger partial charge in [-0.1, -0.05) is 125 Å². The maximum absolute atomic E-state index is 15.2. The van der Waals surface area contributed by atoms with Crippen molar-refractivity contribution < 1.29 is 43.5 Å². The van der Waals surface area contributed by atoms with E-state index in [1.807, 2.05) is 137 Å². The van der Waals surface area contributed by atoms with Crippen molar-refractivity contribution in [3.8, 4) is 0 Å². The number of fused-ring (bicyclic) bond motifs is 6. The third kappa shape index (κ3) is 16.0. The molecule has 4 heterocycles. The summed E-state index contributed by atoms with van der Waals surface area (Å²) in [4.78, 5) is 118. The monoisotopic (exact) mass is 1210 g/mol. The number of carbonyl (C=O) groups is 8. The van der Waals surface area contributed by atoms with Crippen LogP contribution in [-0.2, 0) is 51.2 Å². The highest BCUT2D eigenvalue weighted by atomic mass is 16.3. The molecule has 4 aliphatic rings. The molecule has 0 radical (unpaired) electrons. The van der Waals surface area contributed by atoms with Gasteiger partial charge in [0.2, 0.25) is 47.3 Å². The molecule has 4 aromatic carbocycles. The van der Waals surface area contributed by atoms with Crippen LogP contribution < -0.4 is 64.6 Å². The lowest BCUT2D eigenvalue weighted by atomic mass is 9.82. The number of likely N-dealkylation sites (N-methyl/N-ethyl adjacent to an activating group) is 2. The number of hydrogen-bond donors (Lipinski definition) is 13. The molecular weight excluding hydrogens is 1120 g/mol. The largest absolute Gasteiger partial charge is 0.389 e. The second kappa shape index (κ2) is 30.8. The van der Waals surface area contributed by atoms with Gasteiger partial charge in [-0.05, 0) is 86.0 Å². The molecule has 8 rings (SSSR count). The molecule has 5 unspecified atom stereocenters. The van der Waals surface area contributed by atoms with Gasteiger partial charge in [0.15, 0.2) is 0 Å². The maximum Gasteiger partial charge on any atom is 0.246 e. The quantitative estimate of drug-likeness (QED) is 0.0369. The van der Waals surface area contributed by atoms with Gasteiger partial charge in [0.25, 0.3) is 0 Å². The number of aliphatic hydroxyl groups excluding tert-OH is 1. The Morgan fingerprint density at radius 2 is 0.841 bits per heavy atom. The van der Waals surface area contributed by atoms with Crippen LogP contribution in [0.1, 0.15) is 87.5 Å². The smallest absolute Gasteiger partial charge is 0.246 e. The molecule has 0 aliphatic carbocycles. The summed E-state index contributed by atoms with van der Waals surface area (Å²) < 4.78 is 0. The van der Waals surface area contributed by atoms with E-state index in [1.165, 1.54) is 9.80 Å². The van der Waals surface area contributed by atoms with Crippen molar-refractivity contribution in [1.82, 2.24) is 52.3 Å². The minimum absolute atomic E-state index is 0.0499. The first-order chi connectivity index (χ1) is 42.3. The summed E-state index contributed by atoms with van der Waals surface area (Å²) in [6, 6.07) is 24.2. The van der Waals surface area contributed by atoms with Crippen molar-refractivity contribution >= 4 is 58.6 Å². The lowest BCUT2D eigenvalue weighted by molar-refractivity contribution is -0.146. The Morgan fingerprint density at radius 1 is 0.500 bits per heavy atom. The van der Waals surface area contributed by atoms with Crippen LogP contribution in [0.2, 0.25) is 0 Å². The van der Waals surface area contributed by atoms with Gasteiger partial charge >= 0.3 is 0 Å². The Hall–Kier alpha value is -7.96. The van der Waals surface area contributed by atoms with Crippen LogP contribution >= 0.6 is 0 Å². The van der Waals surface area contributed by atoms with Gasteiger partial charge in [0, 0.05) is 75.3 Å². The Bertz CT molecular complexity index is 2860. The predicted molar refractivity (Wildman–Crippen MR) is 336 cm³/mol. The highest BCUT2D eigenvalue weighted by molar-refractivity contribution is 5.97. The number of nitrogens with one attached hydrogen (secondary N) is 10. The number of rotatable bonds is 28. The third-order valence-corrected chi connectivity index (χ3v) is 17.3. The molecule has 23 heteroatoms. The molecule has 4 aromatic rings. The molecule has 15 N–H and O–H groups in total. The number of para-hydroxylation sites is 2. The molecule has 8 amide bonds. The van der Waals surface area contributed by atoms with Crippen molar-refractivity contribution in [2.45, 2.75) is 145 Å². The van der Waals surface area contributed by atoms with E-state index in [2.05, 4.69) is 53.2 Å². The summed E-state index contributed by atoms with van der Waals surface area (Å²) in [6.07, 6.45) is 0.720. The second-order valence-corrected chi connectivity index (χ2v) is 24.4. The molecule has 4 aliphatic heterocycles. The highest BCUT2D eigenvalue weighted by Crippen LogP contribution is 2.45. The first-order valence-corrected chi connectivity index (χ1v) is 30.9. The van der Waals surface area contributed by atoms with E-state index in [4.69, 9.17) is 11.5 Å². The van der Waals surface area contributed by atoms with Gasteiger partial charge in [-0.25, -0.2) is 0 Å². The minimum atomic E-state index is -1.37. The maximum atomic E-state index is 15.2. The summed E-state index contributed by atoms with van der Waals surface area (Å²) in [5.74, 6) is -4.43. The fraction of sp³-hybridized carbons (Fsp3) is 0.508. The van der Waals surface area contributed by atoms with E-state index in [1.54, 1.807) is 14.1 Å². The van der Waals surface area contributed by atoms with Crippen LogP contribution in [0, 0.1) is 11.8 Å². The van der Waals surface area contributed by atoms with Crippen LogP contribution in [0.3, 0.4) is 0 Å². The number of likely N-dealkylation sites (tertiary alicyclic amines) is 2. The number of anilines is 2. The molecule has 2 fully saturated rings. The minimum Gasteiger partial charge on any atom is -0.389 e. The lowest BCUT2D eigenvalue weighted by Crippen LogP contribution is -2.66. The van der Waals surface area contributed by atoms with Crippen molar-refractivity contribution in [1.29, 1.82) is 0 Å². The van der Waals surface area contributed by atoms with Crippen LogP contribution in [-0.4, -0.2) is 182 Å². The van der Waals surface area contributed by atoms with Gasteiger partial charge in [-0.2, -0.15) is 0 Å². The Kier molecular flexibility index (Phi) is 23.1. The topological polar surface area (TPSA) is 336 Å². The van der Waals surface area contributed by atoms with Gasteiger partial charge in [0.1, 0.15) is 36.3 Å². The number of benzene rings is 4. The summed E-state index contributed by atoms with van der Waals surface area (Å²) >= 11 is 0.